The van der Waals surface area contributed by atoms with E-state index in [0.29, 0.717) is 13.0 Å². The average molecular weight is 577 g/mol. The van der Waals surface area contributed by atoms with Gasteiger partial charge in [-0.2, -0.15) is 0 Å². The van der Waals surface area contributed by atoms with Crippen LogP contribution >= 0.6 is 0 Å². The van der Waals surface area contributed by atoms with Crippen molar-refractivity contribution < 1.29 is 44.5 Å². The Morgan fingerprint density at radius 1 is 1.02 bits per heavy atom. The number of hydrogen-bond donors (Lipinski definition) is 11. The molecule has 0 spiro atoms. The summed E-state index contributed by atoms with van der Waals surface area (Å²) in [5.74, 6) is -1.38. The Morgan fingerprint density at radius 3 is 2.35 bits per heavy atom. The van der Waals surface area contributed by atoms with Crippen molar-refractivity contribution in [2.24, 2.45) is 28.9 Å². The minimum absolute atomic E-state index is 0.0850. The van der Waals surface area contributed by atoms with Crippen molar-refractivity contribution in [1.29, 1.82) is 0 Å². The van der Waals surface area contributed by atoms with E-state index >= 15 is 0 Å². The van der Waals surface area contributed by atoms with Gasteiger partial charge in [0.1, 0.15) is 30.0 Å². The van der Waals surface area contributed by atoms with Gasteiger partial charge in [0.05, 0.1) is 37.0 Å². The molecule has 13 atom stereocenters. The van der Waals surface area contributed by atoms with E-state index in [9.17, 15) is 30.3 Å². The molecule has 0 bridgehead atoms. The van der Waals surface area contributed by atoms with Gasteiger partial charge < -0.3 is 73.3 Å². The zero-order valence-corrected chi connectivity index (χ0v) is 22.9. The molecule has 2 saturated heterocycles. The number of rotatable bonds is 9. The third kappa shape index (κ3) is 6.46. The molecule has 1 amide bonds. The van der Waals surface area contributed by atoms with Crippen LogP contribution in [0.25, 0.3) is 0 Å². The number of carbonyl (C=O) groups is 1. The van der Waals surface area contributed by atoms with Crippen molar-refractivity contribution in [1.82, 2.24) is 10.6 Å². The van der Waals surface area contributed by atoms with Gasteiger partial charge in [-0.25, -0.2) is 0 Å². The largest absolute Gasteiger partial charge is 0.394 e. The summed E-state index contributed by atoms with van der Waals surface area (Å²) in [6, 6.07) is -3.49. The highest BCUT2D eigenvalue weighted by atomic mass is 16.7. The van der Waals surface area contributed by atoms with Gasteiger partial charge in [0.15, 0.2) is 6.29 Å². The Labute approximate surface area is 233 Å². The van der Waals surface area contributed by atoms with Crippen LogP contribution in [0.2, 0.25) is 0 Å². The van der Waals surface area contributed by atoms with E-state index < -0.39 is 91.1 Å². The minimum Gasteiger partial charge on any atom is -0.394 e. The van der Waals surface area contributed by atoms with Gasteiger partial charge in [-0.05, 0) is 25.8 Å². The van der Waals surface area contributed by atoms with E-state index in [1.54, 1.807) is 0 Å². The molecule has 15 nitrogen and oxygen atoms in total. The lowest BCUT2D eigenvalue weighted by molar-refractivity contribution is -0.306. The highest BCUT2D eigenvalue weighted by Gasteiger charge is 2.54. The smallest absolute Gasteiger partial charge is 0.252 e. The van der Waals surface area contributed by atoms with E-state index in [-0.39, 0.29) is 31.4 Å². The predicted molar refractivity (Wildman–Crippen MR) is 141 cm³/mol. The van der Waals surface area contributed by atoms with Gasteiger partial charge in [-0.1, -0.05) is 6.92 Å². The van der Waals surface area contributed by atoms with E-state index in [2.05, 4.69) is 10.6 Å². The Balaban J connectivity index is 1.57. The van der Waals surface area contributed by atoms with Crippen molar-refractivity contribution >= 4 is 5.91 Å². The van der Waals surface area contributed by atoms with E-state index in [4.69, 9.17) is 37.1 Å². The number of aliphatic hydroxyl groups excluding tert-OH is 4. The molecule has 2 aliphatic heterocycles. The fraction of sp³-hybridized carbons (Fsp3) is 0.960. The molecule has 40 heavy (non-hydrogen) atoms. The Morgan fingerprint density at radius 2 is 1.73 bits per heavy atom. The van der Waals surface area contributed by atoms with Crippen molar-refractivity contribution in [2.75, 3.05) is 19.7 Å². The van der Waals surface area contributed by atoms with Crippen molar-refractivity contribution in [3.8, 4) is 0 Å². The summed E-state index contributed by atoms with van der Waals surface area (Å²) in [6.45, 7) is 2.78. The summed E-state index contributed by atoms with van der Waals surface area (Å²) in [7, 11) is 0. The lowest BCUT2D eigenvalue weighted by Gasteiger charge is -2.51. The quantitative estimate of drug-likeness (QED) is 0.122. The third-order valence-corrected chi connectivity index (χ3v) is 8.91. The molecule has 0 aromatic carbocycles. The first-order valence-electron chi connectivity index (χ1n) is 14.3. The van der Waals surface area contributed by atoms with Crippen LogP contribution in [0.15, 0.2) is 0 Å². The first-order chi connectivity index (χ1) is 18.9. The molecule has 0 radical (unpaired) electrons. The molecule has 232 valence electrons. The molecule has 1 unspecified atom stereocenters. The fourth-order valence-corrected chi connectivity index (χ4v) is 6.49. The molecule has 2 aliphatic carbocycles. The molecule has 15 heteroatoms. The number of nitrogens with two attached hydrogens (primary N) is 4. The molecule has 4 aliphatic rings. The lowest BCUT2D eigenvalue weighted by Crippen LogP contribution is -2.70. The highest BCUT2D eigenvalue weighted by Crippen LogP contribution is 2.37. The van der Waals surface area contributed by atoms with Crippen LogP contribution in [0.1, 0.15) is 39.0 Å². The minimum atomic E-state index is -1.65. The Hall–Kier alpha value is -1.05. The van der Waals surface area contributed by atoms with Crippen molar-refractivity contribution in [3.63, 3.8) is 0 Å². The number of ether oxygens (including phenoxy) is 3. The van der Waals surface area contributed by atoms with Crippen LogP contribution in [0, 0.1) is 5.92 Å². The van der Waals surface area contributed by atoms with Crippen LogP contribution in [0.3, 0.4) is 0 Å². The van der Waals surface area contributed by atoms with Gasteiger partial charge in [0.25, 0.3) is 5.91 Å². The maximum atomic E-state index is 13.0. The fourth-order valence-electron chi connectivity index (χ4n) is 6.49. The Kier molecular flexibility index (Phi) is 10.4. The van der Waals surface area contributed by atoms with Gasteiger partial charge >= 0.3 is 0 Å². The van der Waals surface area contributed by atoms with Crippen LogP contribution in [-0.4, -0.2) is 136 Å². The average Bonchev–Trinajstić information content (AvgIpc) is 2.90. The molecule has 0 aromatic rings. The van der Waals surface area contributed by atoms with Gasteiger partial charge in [-0.15, -0.1) is 0 Å². The van der Waals surface area contributed by atoms with E-state index in [1.165, 1.54) is 0 Å². The number of aliphatic hydroxyl groups is 5. The Bertz CT molecular complexity index is 850. The maximum Gasteiger partial charge on any atom is 0.252 e. The van der Waals surface area contributed by atoms with Crippen molar-refractivity contribution in [3.05, 3.63) is 0 Å². The molecular weight excluding hydrogens is 528 g/mol. The molecule has 15 N–H and O–H groups in total. The predicted octanol–water partition coefficient (Wildman–Crippen LogP) is -5.33. The second kappa shape index (κ2) is 13.1. The second-order valence-corrected chi connectivity index (χ2v) is 11.9. The van der Waals surface area contributed by atoms with Crippen LogP contribution in [-0.2, 0) is 19.0 Å². The van der Waals surface area contributed by atoms with Gasteiger partial charge in [0, 0.05) is 43.4 Å². The van der Waals surface area contributed by atoms with E-state index in [0.717, 1.165) is 13.0 Å². The van der Waals surface area contributed by atoms with E-state index in [1.807, 2.05) is 6.92 Å². The first kappa shape index (κ1) is 31.9. The zero-order chi connectivity index (χ0) is 29.4. The molecule has 0 aromatic heterocycles. The highest BCUT2D eigenvalue weighted by molar-refractivity contribution is 5.86. The van der Waals surface area contributed by atoms with Gasteiger partial charge in [-0.3, -0.25) is 4.79 Å². The van der Waals surface area contributed by atoms with Crippen LogP contribution in [0.4, 0.5) is 0 Å². The number of carbonyl (C=O) groups excluding carboxylic acids is 1. The molecule has 2 saturated carbocycles. The maximum absolute atomic E-state index is 13.0. The number of likely N-dealkylation sites (N-methyl/N-ethyl adjacent to an activating group) is 1. The lowest BCUT2D eigenvalue weighted by atomic mass is 9.71. The standard InChI is InChI=1S/C25H48N6O9/c1-2-30-8-11-3-4-12(27)21(38-11)16-13(28)5-14(31-24(36)25(37)6-10(26)7-25)22(19(16)34)40-23-20(35)17(29)18(33)15(9-32)39-23/h10-23,30,32-35,37H,2-9,26-29H2,1H3,(H,31,36)/t10?,11-,12+,13-,14+,15+,16?,17-,18+,19-,20+,21-,22-,23+,25?/m0/s1. The molecule has 4 rings (SSSR count). The summed E-state index contributed by atoms with van der Waals surface area (Å²) < 4.78 is 18.0. The summed E-state index contributed by atoms with van der Waals surface area (Å²) in [5, 5.41) is 59.0. The zero-order valence-electron chi connectivity index (χ0n) is 22.9. The summed E-state index contributed by atoms with van der Waals surface area (Å²) in [4.78, 5) is 13.0. The number of amides is 1. The molecular formula is C25H48N6O9. The second-order valence-electron chi connectivity index (χ2n) is 11.9. The molecule has 4 fully saturated rings. The van der Waals surface area contributed by atoms with Gasteiger partial charge in [0.2, 0.25) is 0 Å². The first-order valence-corrected chi connectivity index (χ1v) is 14.3. The van der Waals surface area contributed by atoms with Crippen molar-refractivity contribution in [2.45, 2.75) is 124 Å². The third-order valence-electron chi connectivity index (χ3n) is 8.91. The normalized spacial score (nSPS) is 49.8. The summed E-state index contributed by atoms with van der Waals surface area (Å²) in [5.41, 5.74) is 23.1. The van der Waals surface area contributed by atoms with Crippen LogP contribution in [0.5, 0.6) is 0 Å². The van der Waals surface area contributed by atoms with Crippen LogP contribution < -0.4 is 33.6 Å². The monoisotopic (exact) mass is 576 g/mol. The number of nitrogens with one attached hydrogen (secondary N) is 2. The topological polar surface area (TPSA) is 274 Å². The summed E-state index contributed by atoms with van der Waals surface area (Å²) in [6.07, 6.45) is -7.05. The molecule has 2 heterocycles. The SMILES string of the molecule is CCNC[C@@H]1CC[C@@H](N)[C@@H](C2[C@@H](N)C[C@@H](NC(=O)C3(O)CC(N)C3)[C@H](O[C@H]3O[C@H](CO)[C@@H](O)[C@H](N)[C@H]3O)[C@H]2O)O1. The number of hydrogen-bond acceptors (Lipinski definition) is 14. The summed E-state index contributed by atoms with van der Waals surface area (Å²) >= 11 is 0.